The first-order chi connectivity index (χ1) is 13.1. The summed E-state index contributed by atoms with van der Waals surface area (Å²) in [5, 5.41) is 11.0. The average molecular weight is 387 g/mol. The van der Waals surface area contributed by atoms with Crippen molar-refractivity contribution in [3.63, 3.8) is 0 Å². The Balaban J connectivity index is 1.36. The van der Waals surface area contributed by atoms with Crippen LogP contribution in [0.15, 0.2) is 46.2 Å². The Morgan fingerprint density at radius 1 is 1.33 bits per heavy atom. The number of hydrogen-bond donors (Lipinski definition) is 2. The third-order valence-electron chi connectivity index (χ3n) is 3.96. The van der Waals surface area contributed by atoms with Gasteiger partial charge in [-0.25, -0.2) is 4.68 Å². The van der Waals surface area contributed by atoms with Gasteiger partial charge in [0.1, 0.15) is 0 Å². The molecule has 1 atom stereocenters. The van der Waals surface area contributed by atoms with Gasteiger partial charge < -0.3 is 25.1 Å². The monoisotopic (exact) mass is 387 g/mol. The van der Waals surface area contributed by atoms with Gasteiger partial charge in [0.15, 0.2) is 17.3 Å². The lowest BCUT2D eigenvalue weighted by molar-refractivity contribution is -0.120. The van der Waals surface area contributed by atoms with Gasteiger partial charge in [-0.3, -0.25) is 4.79 Å². The molecule has 9 nitrogen and oxygen atoms in total. The Kier molecular flexibility index (Phi) is 4.63. The standard InChI is InChI=1S/C17H17N5O4S/c1-10(27-17-21-20-15(22(17)18)13-3-2-6-24-13)16(23)19-8-11-4-5-12-14(7-11)26-9-25-12/h2-7,10H,8-9,18H2,1H3,(H,19,23)/t10-/m0/s1. The second kappa shape index (κ2) is 7.23. The molecule has 140 valence electrons. The van der Waals surface area contributed by atoms with E-state index in [9.17, 15) is 4.79 Å². The Bertz CT molecular complexity index is 956. The van der Waals surface area contributed by atoms with Crippen LogP contribution in [-0.4, -0.2) is 32.8 Å². The van der Waals surface area contributed by atoms with E-state index in [1.807, 2.05) is 18.2 Å². The fraction of sp³-hybridized carbons (Fsp3) is 0.235. The predicted molar refractivity (Wildman–Crippen MR) is 97.6 cm³/mol. The van der Waals surface area contributed by atoms with Crippen LogP contribution in [0.1, 0.15) is 12.5 Å². The van der Waals surface area contributed by atoms with Crippen LogP contribution in [0, 0.1) is 0 Å². The lowest BCUT2D eigenvalue weighted by Crippen LogP contribution is -2.30. The van der Waals surface area contributed by atoms with Crippen LogP contribution in [0.2, 0.25) is 0 Å². The maximum atomic E-state index is 12.4. The third-order valence-corrected chi connectivity index (χ3v) is 5.02. The predicted octanol–water partition coefficient (Wildman–Crippen LogP) is 1.78. The highest BCUT2D eigenvalue weighted by molar-refractivity contribution is 8.00. The van der Waals surface area contributed by atoms with Crippen LogP contribution in [0.25, 0.3) is 11.6 Å². The van der Waals surface area contributed by atoms with E-state index >= 15 is 0 Å². The number of thioether (sulfide) groups is 1. The van der Waals surface area contributed by atoms with Crippen molar-refractivity contribution in [3.05, 3.63) is 42.2 Å². The largest absolute Gasteiger partial charge is 0.461 e. The van der Waals surface area contributed by atoms with Gasteiger partial charge in [-0.05, 0) is 36.8 Å². The van der Waals surface area contributed by atoms with Gasteiger partial charge in [0.05, 0.1) is 11.5 Å². The number of nitrogen functional groups attached to an aromatic ring is 1. The molecule has 27 heavy (non-hydrogen) atoms. The van der Waals surface area contributed by atoms with Crippen molar-refractivity contribution in [2.24, 2.45) is 0 Å². The third kappa shape index (κ3) is 3.56. The number of carbonyl (C=O) groups is 1. The fourth-order valence-corrected chi connectivity index (χ4v) is 3.32. The summed E-state index contributed by atoms with van der Waals surface area (Å²) >= 11 is 1.22. The lowest BCUT2D eigenvalue weighted by atomic mass is 10.2. The summed E-state index contributed by atoms with van der Waals surface area (Å²) in [6.45, 7) is 2.38. The first kappa shape index (κ1) is 17.3. The molecule has 0 bridgehead atoms. The molecule has 0 saturated carbocycles. The molecule has 0 radical (unpaired) electrons. The maximum absolute atomic E-state index is 12.4. The van der Waals surface area contributed by atoms with Crippen LogP contribution in [0.5, 0.6) is 11.5 Å². The SMILES string of the molecule is C[C@H](Sc1nnc(-c2ccco2)n1N)C(=O)NCc1ccc2c(c1)OCO2. The zero-order valence-electron chi connectivity index (χ0n) is 14.4. The van der Waals surface area contributed by atoms with Crippen LogP contribution in [-0.2, 0) is 11.3 Å². The van der Waals surface area contributed by atoms with Crippen molar-refractivity contribution < 1.29 is 18.7 Å². The van der Waals surface area contributed by atoms with Crippen LogP contribution < -0.4 is 20.6 Å². The molecule has 3 aromatic rings. The number of furan rings is 1. The number of rotatable bonds is 6. The summed E-state index contributed by atoms with van der Waals surface area (Å²) < 4.78 is 17.2. The van der Waals surface area contributed by atoms with Crippen LogP contribution in [0.3, 0.4) is 0 Å². The van der Waals surface area contributed by atoms with Gasteiger partial charge in [0.25, 0.3) is 0 Å². The molecule has 1 amide bonds. The maximum Gasteiger partial charge on any atom is 0.233 e. The topological polar surface area (TPSA) is 117 Å². The van der Waals surface area contributed by atoms with E-state index in [-0.39, 0.29) is 12.7 Å². The number of benzene rings is 1. The van der Waals surface area contributed by atoms with Gasteiger partial charge in [0.2, 0.25) is 23.7 Å². The summed E-state index contributed by atoms with van der Waals surface area (Å²) in [7, 11) is 0. The van der Waals surface area contributed by atoms with E-state index in [0.29, 0.717) is 34.8 Å². The summed E-state index contributed by atoms with van der Waals surface area (Å²) in [4.78, 5) is 12.4. The molecule has 10 heteroatoms. The zero-order chi connectivity index (χ0) is 18.8. The lowest BCUT2D eigenvalue weighted by Gasteiger charge is -2.11. The van der Waals surface area contributed by atoms with Gasteiger partial charge in [-0.15, -0.1) is 10.2 Å². The van der Waals surface area contributed by atoms with E-state index in [1.165, 1.54) is 22.7 Å². The number of aromatic nitrogens is 3. The van der Waals surface area contributed by atoms with E-state index in [0.717, 1.165) is 5.56 Å². The molecular formula is C17H17N5O4S. The van der Waals surface area contributed by atoms with Gasteiger partial charge >= 0.3 is 0 Å². The number of amides is 1. The van der Waals surface area contributed by atoms with E-state index < -0.39 is 5.25 Å². The number of nitrogens with zero attached hydrogens (tertiary/aromatic N) is 3. The van der Waals surface area contributed by atoms with Gasteiger partial charge in [0, 0.05) is 6.54 Å². The molecular weight excluding hydrogens is 370 g/mol. The van der Waals surface area contributed by atoms with Crippen molar-refractivity contribution >= 4 is 17.7 Å². The van der Waals surface area contributed by atoms with E-state index in [4.69, 9.17) is 19.7 Å². The smallest absolute Gasteiger partial charge is 0.233 e. The summed E-state index contributed by atoms with van der Waals surface area (Å²) in [6.07, 6.45) is 1.53. The van der Waals surface area contributed by atoms with Crippen molar-refractivity contribution in [3.8, 4) is 23.1 Å². The zero-order valence-corrected chi connectivity index (χ0v) is 15.2. The summed E-state index contributed by atoms with van der Waals surface area (Å²) in [5.74, 6) is 8.18. The van der Waals surface area contributed by atoms with Crippen molar-refractivity contribution in [1.29, 1.82) is 0 Å². The summed E-state index contributed by atoms with van der Waals surface area (Å²) in [6, 6.07) is 9.05. The fourth-order valence-electron chi connectivity index (χ4n) is 2.53. The molecule has 0 saturated heterocycles. The second-order valence-corrected chi connectivity index (χ2v) is 7.13. The molecule has 1 aliphatic heterocycles. The first-order valence-electron chi connectivity index (χ1n) is 8.19. The first-order valence-corrected chi connectivity index (χ1v) is 9.07. The minimum atomic E-state index is -0.407. The highest BCUT2D eigenvalue weighted by Crippen LogP contribution is 2.32. The van der Waals surface area contributed by atoms with Crippen molar-refractivity contribution in [1.82, 2.24) is 20.2 Å². The Morgan fingerprint density at radius 2 is 2.19 bits per heavy atom. The van der Waals surface area contributed by atoms with E-state index in [1.54, 1.807) is 19.1 Å². The number of nitrogens with one attached hydrogen (secondary N) is 1. The molecule has 4 rings (SSSR count). The number of ether oxygens (including phenoxy) is 2. The molecule has 0 spiro atoms. The molecule has 0 aliphatic carbocycles. The molecule has 1 aromatic carbocycles. The van der Waals surface area contributed by atoms with Gasteiger partial charge in [-0.2, -0.15) is 0 Å². The molecule has 0 unspecified atom stereocenters. The average Bonchev–Trinajstić information content (AvgIpc) is 3.41. The van der Waals surface area contributed by atoms with Crippen molar-refractivity contribution in [2.75, 3.05) is 12.6 Å². The van der Waals surface area contributed by atoms with Crippen LogP contribution in [0.4, 0.5) is 0 Å². The molecule has 3 N–H and O–H groups in total. The number of fused-ring (bicyclic) bond motifs is 1. The molecule has 3 heterocycles. The second-order valence-electron chi connectivity index (χ2n) is 5.82. The van der Waals surface area contributed by atoms with E-state index in [2.05, 4.69) is 15.5 Å². The highest BCUT2D eigenvalue weighted by atomic mass is 32.2. The normalized spacial score (nSPS) is 13.5. The Morgan fingerprint density at radius 3 is 3.00 bits per heavy atom. The number of hydrogen-bond acceptors (Lipinski definition) is 8. The molecule has 1 aliphatic rings. The quantitative estimate of drug-likeness (QED) is 0.485. The Labute approximate surface area is 158 Å². The Hall–Kier alpha value is -3.14. The highest BCUT2D eigenvalue weighted by Gasteiger charge is 2.21. The van der Waals surface area contributed by atoms with Gasteiger partial charge in [-0.1, -0.05) is 17.8 Å². The number of nitrogens with two attached hydrogens (primary N) is 1. The van der Waals surface area contributed by atoms with Crippen LogP contribution >= 0.6 is 11.8 Å². The minimum Gasteiger partial charge on any atom is -0.461 e. The molecule has 2 aromatic heterocycles. The summed E-state index contributed by atoms with van der Waals surface area (Å²) in [5.41, 5.74) is 0.923. The minimum absolute atomic E-state index is 0.139. The van der Waals surface area contributed by atoms with Crippen molar-refractivity contribution in [2.45, 2.75) is 23.9 Å². The number of carbonyl (C=O) groups excluding carboxylic acids is 1. The molecule has 0 fully saturated rings.